The van der Waals surface area contributed by atoms with E-state index in [-0.39, 0.29) is 33.8 Å². The molecule has 1 saturated carbocycles. The molecule has 2 rings (SSSR count). The zero-order chi connectivity index (χ0) is 12.5. The quantitative estimate of drug-likeness (QED) is 0.825. The van der Waals surface area contributed by atoms with E-state index in [0.717, 1.165) is 12.8 Å². The Bertz CT molecular complexity index is 447. The Morgan fingerprint density at radius 3 is 2.76 bits per heavy atom. The van der Waals surface area contributed by atoms with Crippen LogP contribution in [0.5, 0.6) is 0 Å². The van der Waals surface area contributed by atoms with Gasteiger partial charge in [-0.3, -0.25) is 4.79 Å². The number of carbonyl (C=O) groups excluding carboxylic acids is 1. The van der Waals surface area contributed by atoms with E-state index in [4.69, 9.17) is 28.3 Å². The Hall–Kier alpha value is -0.840. The summed E-state index contributed by atoms with van der Waals surface area (Å²) in [7, 11) is 0. The van der Waals surface area contributed by atoms with Crippen LogP contribution in [0.15, 0.2) is 12.1 Å². The van der Waals surface area contributed by atoms with Crippen LogP contribution in [-0.4, -0.2) is 29.1 Å². The second-order valence-corrected chi connectivity index (χ2v) is 5.10. The van der Waals surface area contributed by atoms with Crippen LogP contribution >= 0.6 is 23.2 Å². The number of amides is 1. The summed E-state index contributed by atoms with van der Waals surface area (Å²) in [5.74, 6) is -0.364. The smallest absolute Gasteiger partial charge is 0.271 e. The van der Waals surface area contributed by atoms with Crippen LogP contribution in [-0.2, 0) is 0 Å². The molecule has 6 heteroatoms. The molecule has 0 spiro atoms. The van der Waals surface area contributed by atoms with Gasteiger partial charge in [-0.15, -0.1) is 0 Å². The zero-order valence-electron chi connectivity index (χ0n) is 9.04. The van der Waals surface area contributed by atoms with Gasteiger partial charge in [-0.05, 0) is 25.0 Å². The lowest BCUT2D eigenvalue weighted by Crippen LogP contribution is -2.32. The molecule has 4 nitrogen and oxygen atoms in total. The molecule has 2 N–H and O–H groups in total. The fourth-order valence-corrected chi connectivity index (χ4v) is 1.84. The lowest BCUT2D eigenvalue weighted by Gasteiger charge is -2.12. The monoisotopic (exact) mass is 274 g/mol. The average Bonchev–Trinajstić information content (AvgIpc) is 3.10. The minimum Gasteiger partial charge on any atom is -0.396 e. The number of carbonyl (C=O) groups is 1. The molecule has 1 aromatic heterocycles. The van der Waals surface area contributed by atoms with Crippen LogP contribution in [0.3, 0.4) is 0 Å². The maximum atomic E-state index is 11.8. The number of nitrogens with zero attached hydrogens (tertiary/aromatic N) is 1. The van der Waals surface area contributed by atoms with Gasteiger partial charge in [0.1, 0.15) is 10.8 Å². The van der Waals surface area contributed by atoms with Crippen molar-refractivity contribution >= 4 is 29.1 Å². The highest BCUT2D eigenvalue weighted by atomic mass is 35.5. The molecule has 0 bridgehead atoms. The van der Waals surface area contributed by atoms with Gasteiger partial charge < -0.3 is 10.4 Å². The SMILES string of the molecule is O=C(NCC1(CO)CC1)c1nc(Cl)ccc1Cl. The van der Waals surface area contributed by atoms with Crippen molar-refractivity contribution in [2.75, 3.05) is 13.2 Å². The first-order valence-electron chi connectivity index (χ1n) is 5.27. The van der Waals surface area contributed by atoms with Gasteiger partial charge in [0.15, 0.2) is 0 Å². The summed E-state index contributed by atoms with van der Waals surface area (Å²) in [6, 6.07) is 3.06. The minimum atomic E-state index is -0.364. The third-order valence-corrected chi connectivity index (χ3v) is 3.46. The van der Waals surface area contributed by atoms with Gasteiger partial charge in [0.05, 0.1) is 11.6 Å². The highest BCUT2D eigenvalue weighted by Crippen LogP contribution is 2.44. The molecule has 0 aliphatic heterocycles. The van der Waals surface area contributed by atoms with Gasteiger partial charge in [-0.1, -0.05) is 23.2 Å². The number of pyridine rings is 1. The highest BCUT2D eigenvalue weighted by molar-refractivity contribution is 6.34. The number of hydrogen-bond acceptors (Lipinski definition) is 3. The van der Waals surface area contributed by atoms with E-state index in [2.05, 4.69) is 10.3 Å². The van der Waals surface area contributed by atoms with Crippen molar-refractivity contribution in [2.24, 2.45) is 5.41 Å². The van der Waals surface area contributed by atoms with E-state index in [1.165, 1.54) is 12.1 Å². The van der Waals surface area contributed by atoms with Crippen LogP contribution in [0.25, 0.3) is 0 Å². The first-order valence-corrected chi connectivity index (χ1v) is 6.03. The number of rotatable bonds is 4. The summed E-state index contributed by atoms with van der Waals surface area (Å²) < 4.78 is 0. The van der Waals surface area contributed by atoms with Crippen molar-refractivity contribution in [1.29, 1.82) is 0 Å². The summed E-state index contributed by atoms with van der Waals surface area (Å²) >= 11 is 11.6. The van der Waals surface area contributed by atoms with Crippen molar-refractivity contribution in [3.63, 3.8) is 0 Å². The number of nitrogens with one attached hydrogen (secondary N) is 1. The largest absolute Gasteiger partial charge is 0.396 e. The van der Waals surface area contributed by atoms with Gasteiger partial charge in [-0.2, -0.15) is 0 Å². The van der Waals surface area contributed by atoms with Crippen molar-refractivity contribution in [2.45, 2.75) is 12.8 Å². The second kappa shape index (κ2) is 4.80. The van der Waals surface area contributed by atoms with Crippen LogP contribution in [0.1, 0.15) is 23.3 Å². The first kappa shape index (κ1) is 12.6. The number of halogens is 2. The van der Waals surface area contributed by atoms with Crippen molar-refractivity contribution in [3.8, 4) is 0 Å². The molecule has 1 fully saturated rings. The van der Waals surface area contributed by atoms with Crippen LogP contribution < -0.4 is 5.32 Å². The summed E-state index contributed by atoms with van der Waals surface area (Å²) in [5, 5.41) is 12.3. The second-order valence-electron chi connectivity index (χ2n) is 4.31. The van der Waals surface area contributed by atoms with E-state index < -0.39 is 0 Å². The zero-order valence-corrected chi connectivity index (χ0v) is 10.6. The Morgan fingerprint density at radius 2 is 2.18 bits per heavy atom. The molecule has 1 amide bonds. The normalized spacial score (nSPS) is 16.6. The van der Waals surface area contributed by atoms with E-state index >= 15 is 0 Å². The number of aromatic nitrogens is 1. The lowest BCUT2D eigenvalue weighted by atomic mass is 10.1. The van der Waals surface area contributed by atoms with E-state index in [1.54, 1.807) is 0 Å². The number of aliphatic hydroxyl groups excluding tert-OH is 1. The molecule has 1 aliphatic rings. The topological polar surface area (TPSA) is 62.2 Å². The minimum absolute atomic E-state index is 0.0873. The van der Waals surface area contributed by atoms with Crippen molar-refractivity contribution in [3.05, 3.63) is 28.0 Å². The van der Waals surface area contributed by atoms with Crippen molar-refractivity contribution in [1.82, 2.24) is 10.3 Å². The molecule has 0 atom stereocenters. The predicted octanol–water partition coefficient (Wildman–Crippen LogP) is 1.89. The van der Waals surface area contributed by atoms with Gasteiger partial charge in [0, 0.05) is 12.0 Å². The number of aliphatic hydroxyl groups is 1. The molecule has 1 aliphatic carbocycles. The van der Waals surface area contributed by atoms with E-state index in [1.807, 2.05) is 0 Å². The molecule has 0 aromatic carbocycles. The molecule has 0 saturated heterocycles. The standard InChI is InChI=1S/C11H12Cl2N2O2/c12-7-1-2-8(13)15-9(7)10(17)14-5-11(6-16)3-4-11/h1-2,16H,3-6H2,(H,14,17). The van der Waals surface area contributed by atoms with Crippen LogP contribution in [0, 0.1) is 5.41 Å². The number of hydrogen-bond donors (Lipinski definition) is 2. The molecule has 1 aromatic rings. The fraction of sp³-hybridized carbons (Fsp3) is 0.455. The third-order valence-electron chi connectivity index (χ3n) is 2.94. The summed E-state index contributed by atoms with van der Waals surface area (Å²) in [6.45, 7) is 0.525. The summed E-state index contributed by atoms with van der Waals surface area (Å²) in [5.41, 5.74) is -0.0198. The molecule has 0 unspecified atom stereocenters. The van der Waals surface area contributed by atoms with E-state index in [0.29, 0.717) is 6.54 Å². The van der Waals surface area contributed by atoms with Crippen molar-refractivity contribution < 1.29 is 9.90 Å². The third kappa shape index (κ3) is 2.89. The average molecular weight is 275 g/mol. The lowest BCUT2D eigenvalue weighted by molar-refractivity contribution is 0.0930. The van der Waals surface area contributed by atoms with Gasteiger partial charge in [-0.25, -0.2) is 4.98 Å². The molecular weight excluding hydrogens is 263 g/mol. The summed E-state index contributed by atoms with van der Waals surface area (Å²) in [4.78, 5) is 15.7. The van der Waals surface area contributed by atoms with Gasteiger partial charge >= 0.3 is 0 Å². The first-order chi connectivity index (χ1) is 8.06. The Labute approximate surface area is 109 Å². The van der Waals surface area contributed by atoms with E-state index in [9.17, 15) is 4.79 Å². The van der Waals surface area contributed by atoms with Crippen LogP contribution in [0.4, 0.5) is 0 Å². The Balaban J connectivity index is 2.02. The highest BCUT2D eigenvalue weighted by Gasteiger charge is 2.42. The molecular formula is C11H12Cl2N2O2. The summed E-state index contributed by atoms with van der Waals surface area (Å²) in [6.07, 6.45) is 1.86. The predicted molar refractivity (Wildman–Crippen MR) is 65.3 cm³/mol. The fourth-order valence-electron chi connectivity index (χ4n) is 1.50. The molecule has 17 heavy (non-hydrogen) atoms. The van der Waals surface area contributed by atoms with Crippen LogP contribution in [0.2, 0.25) is 10.2 Å². The molecule has 92 valence electrons. The Kier molecular flexibility index (Phi) is 3.56. The Morgan fingerprint density at radius 1 is 1.47 bits per heavy atom. The molecule has 0 radical (unpaired) electrons. The maximum absolute atomic E-state index is 11.8. The maximum Gasteiger partial charge on any atom is 0.271 e. The van der Waals surface area contributed by atoms with Gasteiger partial charge in [0.25, 0.3) is 5.91 Å². The molecule has 1 heterocycles. The van der Waals surface area contributed by atoms with Gasteiger partial charge in [0.2, 0.25) is 0 Å².